The quantitative estimate of drug-likeness (QED) is 0.827. The topological polar surface area (TPSA) is 24.9 Å². The number of pyridine rings is 1. The molecule has 15 heavy (non-hydrogen) atoms. The van der Waals surface area contributed by atoms with Crippen LogP contribution in [-0.4, -0.2) is 18.1 Å². The van der Waals surface area contributed by atoms with Crippen LogP contribution in [0.4, 0.5) is 0 Å². The second-order valence-electron chi connectivity index (χ2n) is 3.77. The van der Waals surface area contributed by atoms with E-state index in [1.807, 2.05) is 6.20 Å². The van der Waals surface area contributed by atoms with Gasteiger partial charge in [-0.3, -0.25) is 4.98 Å². The van der Waals surface area contributed by atoms with Crippen LogP contribution in [-0.2, 0) is 0 Å². The van der Waals surface area contributed by atoms with E-state index in [1.54, 1.807) is 0 Å². The Hall–Kier alpha value is -0.310. The molecule has 0 radical (unpaired) electrons. The summed E-state index contributed by atoms with van der Waals surface area (Å²) in [6.07, 6.45) is 4.53. The summed E-state index contributed by atoms with van der Waals surface area (Å²) in [7, 11) is 0. The number of hydrogen-bond donors (Lipinski definition) is 1. The van der Waals surface area contributed by atoms with E-state index in [-0.39, 0.29) is 24.8 Å². The lowest BCUT2D eigenvalue weighted by molar-refractivity contribution is 0.461. The van der Waals surface area contributed by atoms with Gasteiger partial charge in [-0.25, -0.2) is 0 Å². The Kier molecular flexibility index (Phi) is 6.90. The predicted molar refractivity (Wildman–Crippen MR) is 68.3 cm³/mol. The summed E-state index contributed by atoms with van der Waals surface area (Å²) in [5, 5.41) is 3.43. The molecule has 1 saturated heterocycles. The Morgan fingerprint density at radius 2 is 2.20 bits per heavy atom. The number of hydrogen-bond acceptors (Lipinski definition) is 2. The molecule has 86 valence electrons. The van der Waals surface area contributed by atoms with Crippen LogP contribution >= 0.6 is 24.8 Å². The standard InChI is InChI=1S/C11H16N2.2ClH/c1-9-7-10(4-6-13-9)11-3-2-5-12-8-11;;/h4,6-7,11-12H,2-3,5,8H2,1H3;2*1H/t11-;;/m0../s1. The van der Waals surface area contributed by atoms with Crippen LogP contribution in [0.3, 0.4) is 0 Å². The summed E-state index contributed by atoms with van der Waals surface area (Å²) in [6.45, 7) is 4.36. The van der Waals surface area contributed by atoms with Crippen LogP contribution in [0, 0.1) is 6.92 Å². The van der Waals surface area contributed by atoms with Gasteiger partial charge in [0.15, 0.2) is 0 Å². The molecule has 1 fully saturated rings. The number of aryl methyl sites for hydroxylation is 1. The summed E-state index contributed by atoms with van der Waals surface area (Å²) in [4.78, 5) is 4.21. The van der Waals surface area contributed by atoms with E-state index in [1.165, 1.54) is 24.9 Å². The van der Waals surface area contributed by atoms with Crippen LogP contribution < -0.4 is 5.32 Å². The molecule has 0 aliphatic carbocycles. The minimum atomic E-state index is 0. The van der Waals surface area contributed by atoms with Gasteiger partial charge in [0.2, 0.25) is 0 Å². The Balaban J connectivity index is 0.000000980. The van der Waals surface area contributed by atoms with E-state index in [0.29, 0.717) is 5.92 Å². The summed E-state index contributed by atoms with van der Waals surface area (Å²) in [5.74, 6) is 0.704. The molecule has 0 amide bonds. The lowest BCUT2D eigenvalue weighted by atomic mass is 9.92. The van der Waals surface area contributed by atoms with Gasteiger partial charge in [-0.1, -0.05) is 0 Å². The van der Waals surface area contributed by atoms with Gasteiger partial charge >= 0.3 is 0 Å². The Bertz CT molecular complexity index is 286. The second-order valence-corrected chi connectivity index (χ2v) is 3.77. The highest BCUT2D eigenvalue weighted by Crippen LogP contribution is 2.22. The first-order chi connectivity index (χ1) is 6.36. The third-order valence-electron chi connectivity index (χ3n) is 2.69. The average Bonchev–Trinajstić information content (AvgIpc) is 2.19. The fraction of sp³-hybridized carbons (Fsp3) is 0.545. The molecule has 0 aromatic carbocycles. The molecule has 2 heterocycles. The van der Waals surface area contributed by atoms with Crippen LogP contribution in [0.2, 0.25) is 0 Å². The van der Waals surface area contributed by atoms with Gasteiger partial charge in [-0.05, 0) is 49.9 Å². The van der Waals surface area contributed by atoms with Gasteiger partial charge in [0.1, 0.15) is 0 Å². The predicted octanol–water partition coefficient (Wildman–Crippen LogP) is 2.70. The fourth-order valence-electron chi connectivity index (χ4n) is 1.96. The van der Waals surface area contributed by atoms with E-state index in [0.717, 1.165) is 12.2 Å². The Morgan fingerprint density at radius 1 is 1.40 bits per heavy atom. The van der Waals surface area contributed by atoms with E-state index in [2.05, 4.69) is 29.4 Å². The molecular weight excluding hydrogens is 231 g/mol. The van der Waals surface area contributed by atoms with E-state index >= 15 is 0 Å². The zero-order chi connectivity index (χ0) is 9.10. The molecule has 2 rings (SSSR count). The van der Waals surface area contributed by atoms with Crippen LogP contribution in [0.15, 0.2) is 18.3 Å². The van der Waals surface area contributed by atoms with E-state index in [9.17, 15) is 0 Å². The molecule has 0 bridgehead atoms. The molecule has 1 aliphatic rings. The second kappa shape index (κ2) is 7.04. The van der Waals surface area contributed by atoms with E-state index in [4.69, 9.17) is 0 Å². The first-order valence-electron chi connectivity index (χ1n) is 4.99. The molecule has 0 unspecified atom stereocenters. The van der Waals surface area contributed by atoms with Crippen molar-refractivity contribution in [2.45, 2.75) is 25.7 Å². The first-order valence-corrected chi connectivity index (χ1v) is 4.99. The zero-order valence-corrected chi connectivity index (χ0v) is 10.5. The summed E-state index contributed by atoms with van der Waals surface area (Å²) >= 11 is 0. The maximum absolute atomic E-state index is 4.21. The maximum Gasteiger partial charge on any atom is 0.0375 e. The highest BCUT2D eigenvalue weighted by Gasteiger charge is 2.14. The largest absolute Gasteiger partial charge is 0.316 e. The fourth-order valence-corrected chi connectivity index (χ4v) is 1.96. The molecule has 4 heteroatoms. The normalized spacial score (nSPS) is 19.9. The van der Waals surface area contributed by atoms with Gasteiger partial charge in [-0.15, -0.1) is 24.8 Å². The van der Waals surface area contributed by atoms with Crippen molar-refractivity contribution in [1.82, 2.24) is 10.3 Å². The third kappa shape index (κ3) is 3.98. The zero-order valence-electron chi connectivity index (χ0n) is 8.90. The number of nitrogens with zero attached hydrogens (tertiary/aromatic N) is 1. The minimum Gasteiger partial charge on any atom is -0.316 e. The number of piperidine rings is 1. The van der Waals surface area contributed by atoms with Crippen molar-refractivity contribution in [3.05, 3.63) is 29.6 Å². The number of rotatable bonds is 1. The van der Waals surface area contributed by atoms with Crippen molar-refractivity contribution in [1.29, 1.82) is 0 Å². The summed E-state index contributed by atoms with van der Waals surface area (Å²) in [5.41, 5.74) is 2.57. The van der Waals surface area contributed by atoms with Crippen molar-refractivity contribution in [3.63, 3.8) is 0 Å². The third-order valence-corrected chi connectivity index (χ3v) is 2.69. The van der Waals surface area contributed by atoms with Crippen molar-refractivity contribution >= 4 is 24.8 Å². The number of nitrogens with one attached hydrogen (secondary N) is 1. The number of aromatic nitrogens is 1. The minimum absolute atomic E-state index is 0. The van der Waals surface area contributed by atoms with Crippen molar-refractivity contribution in [2.75, 3.05) is 13.1 Å². The Labute approximate surface area is 104 Å². The molecule has 1 atom stereocenters. The van der Waals surface area contributed by atoms with Gasteiger partial charge in [0.05, 0.1) is 0 Å². The van der Waals surface area contributed by atoms with Crippen LogP contribution in [0.1, 0.15) is 30.0 Å². The van der Waals surface area contributed by atoms with Gasteiger partial charge < -0.3 is 5.32 Å². The number of halogens is 2. The van der Waals surface area contributed by atoms with Gasteiger partial charge in [0.25, 0.3) is 0 Å². The molecule has 1 N–H and O–H groups in total. The monoisotopic (exact) mass is 248 g/mol. The smallest absolute Gasteiger partial charge is 0.0375 e. The SMILES string of the molecule is Cc1cc([C@H]2CCCNC2)ccn1.Cl.Cl. The van der Waals surface area contributed by atoms with E-state index < -0.39 is 0 Å². The Morgan fingerprint density at radius 3 is 2.80 bits per heavy atom. The molecule has 1 aromatic rings. The molecule has 0 spiro atoms. The average molecular weight is 249 g/mol. The van der Waals surface area contributed by atoms with Gasteiger partial charge in [0, 0.05) is 18.4 Å². The highest BCUT2D eigenvalue weighted by molar-refractivity contribution is 5.85. The maximum atomic E-state index is 4.21. The van der Waals surface area contributed by atoms with Crippen molar-refractivity contribution in [3.8, 4) is 0 Å². The van der Waals surface area contributed by atoms with Gasteiger partial charge in [-0.2, -0.15) is 0 Å². The molecule has 2 nitrogen and oxygen atoms in total. The summed E-state index contributed by atoms with van der Waals surface area (Å²) < 4.78 is 0. The van der Waals surface area contributed by atoms with Crippen molar-refractivity contribution < 1.29 is 0 Å². The molecular formula is C11H18Cl2N2. The first kappa shape index (κ1) is 14.7. The highest BCUT2D eigenvalue weighted by atomic mass is 35.5. The molecule has 1 aliphatic heterocycles. The molecule has 0 saturated carbocycles. The van der Waals surface area contributed by atoms with Crippen LogP contribution in [0.5, 0.6) is 0 Å². The lowest BCUT2D eigenvalue weighted by Gasteiger charge is -2.23. The molecule has 1 aromatic heterocycles. The summed E-state index contributed by atoms with van der Waals surface area (Å²) in [6, 6.07) is 4.35. The van der Waals surface area contributed by atoms with Crippen molar-refractivity contribution in [2.24, 2.45) is 0 Å². The van der Waals surface area contributed by atoms with Crippen LogP contribution in [0.25, 0.3) is 0 Å². The lowest BCUT2D eigenvalue weighted by Crippen LogP contribution is -2.28.